The van der Waals surface area contributed by atoms with Crippen LogP contribution in [0.4, 0.5) is 0 Å². The molecule has 0 aromatic heterocycles. The van der Waals surface area contributed by atoms with E-state index in [1.54, 1.807) is 0 Å². The number of aliphatic hydroxyl groups excluding tert-OH is 17. The highest BCUT2D eigenvalue weighted by atomic mass is 32.1. The van der Waals surface area contributed by atoms with E-state index in [4.69, 9.17) is 61.7 Å². The van der Waals surface area contributed by atoms with Gasteiger partial charge in [-0.1, -0.05) is 0 Å². The van der Waals surface area contributed by atoms with E-state index in [2.05, 4.69) is 17.4 Å². The molecular formula is C37H59NO30S. The molecule has 31 nitrogen and oxygen atoms in total. The average molecular weight is 1030 g/mol. The van der Waals surface area contributed by atoms with Crippen LogP contribution in [0.25, 0.3) is 0 Å². The Bertz CT molecular complexity index is 1670. The molecule has 0 saturated carbocycles. The summed E-state index contributed by atoms with van der Waals surface area (Å²) >= 11 is 4.59. The third-order valence-corrected chi connectivity index (χ3v) is 12.9. The molecule has 69 heavy (non-hydrogen) atoms. The molecule has 22 aliphatic heterocycles. The molecule has 0 amide bonds. The Balaban J connectivity index is 1.22. The molecule has 22 aliphatic rings. The molecule has 17 N–H and O–H groups in total. The van der Waals surface area contributed by atoms with Gasteiger partial charge in [0.05, 0.1) is 39.6 Å². The predicted octanol–water partition coefficient (Wildman–Crippen LogP) is -12.0. The van der Waals surface area contributed by atoms with Gasteiger partial charge >= 0.3 is 0 Å². The number of ether oxygens (including phenoxy) is 12. The maximum Gasteiger partial charge on any atom is 0.188 e. The Hall–Kier alpha value is -1.56. The molecule has 0 aromatic carbocycles. The van der Waals surface area contributed by atoms with Crippen LogP contribution in [-0.2, 0) is 61.7 Å². The van der Waals surface area contributed by atoms with E-state index < -0.39 is 224 Å². The maximum absolute atomic E-state index is 11.6. The molecule has 22 fully saturated rings. The fourth-order valence-corrected chi connectivity index (χ4v) is 9.16. The van der Waals surface area contributed by atoms with Gasteiger partial charge in [-0.25, -0.2) is 0 Å². The Kier molecular flexibility index (Phi) is 19.0. The fourth-order valence-electron chi connectivity index (χ4n) is 9.11. The van der Waals surface area contributed by atoms with Crippen molar-refractivity contribution in [3.05, 3.63) is 0 Å². The Morgan fingerprint density at radius 3 is 0.725 bits per heavy atom. The molecule has 12 bridgehead atoms. The standard InChI is InChI=1S/C37H59NO30S/c39-1-8-25-14(45)19(50)32(56-8)63-26-9(2-40)58-34(21(52)16(26)47)65-28-11(4-42)60-36(23(54)18(28)49)67-30-13(6-44)61-37(24(55)31(30)68-38-7-69)66-29-12(5-43)59-35(22(53)17(29)48)64-27-10(3-41)57-33(62-25)20(51)15(27)46/h8-37,39-55H,1-6H2/t8-,9-,10-,11-,12-,13-,14-,15-,16-,17-,18-,19-,20-,21-,22-,23-,24-,25-,26-,27-,28-,29-,30+,31-,32-,33-,34-,35-,36-,37-/m1/s1. The van der Waals surface area contributed by atoms with Crippen molar-refractivity contribution in [1.82, 2.24) is 0 Å². The minimum absolute atomic E-state index is 0.995. The van der Waals surface area contributed by atoms with Gasteiger partial charge in [0.25, 0.3) is 0 Å². The molecule has 0 unspecified atom stereocenters. The van der Waals surface area contributed by atoms with Gasteiger partial charge in [-0.3, -0.25) is 0 Å². The number of aliphatic hydroxyl groups is 17. The topological polar surface area (TPSA) is 476 Å². The molecule has 0 spiro atoms. The molecule has 22 rings (SSSR count). The number of hydrogen-bond donors (Lipinski definition) is 17. The van der Waals surface area contributed by atoms with Crippen LogP contribution in [0.5, 0.6) is 0 Å². The Labute approximate surface area is 394 Å². The minimum Gasteiger partial charge on any atom is -0.394 e. The first-order valence-electron chi connectivity index (χ1n) is 21.7. The monoisotopic (exact) mass is 1030 g/mol. The van der Waals surface area contributed by atoms with Crippen molar-refractivity contribution in [2.45, 2.75) is 184 Å². The van der Waals surface area contributed by atoms with Crippen LogP contribution in [0.15, 0.2) is 5.16 Å². The molecule has 0 aliphatic carbocycles. The van der Waals surface area contributed by atoms with E-state index in [9.17, 15) is 86.8 Å². The Morgan fingerprint density at radius 1 is 0.304 bits per heavy atom. The second kappa shape index (κ2) is 23.8. The first-order chi connectivity index (χ1) is 33.0. The second-order valence-corrected chi connectivity index (χ2v) is 17.3. The van der Waals surface area contributed by atoms with Crippen molar-refractivity contribution >= 4 is 17.4 Å². The molecule has 22 saturated heterocycles. The zero-order valence-electron chi connectivity index (χ0n) is 35.8. The summed E-state index contributed by atoms with van der Waals surface area (Å²) in [7, 11) is 0. The number of isothiocyanates is 1. The van der Waals surface area contributed by atoms with Crippen LogP contribution in [0, 0.1) is 0 Å². The van der Waals surface area contributed by atoms with Gasteiger partial charge in [-0.2, -0.15) is 0 Å². The molecule has 22 heterocycles. The van der Waals surface area contributed by atoms with E-state index >= 15 is 0 Å². The molecule has 0 aromatic rings. The summed E-state index contributed by atoms with van der Waals surface area (Å²) < 4.78 is 68.6. The van der Waals surface area contributed by atoms with Gasteiger partial charge in [-0.15, -0.1) is 0 Å². The number of thiocarbonyl (C=S) groups is 1. The number of hydrogen-bond acceptors (Lipinski definition) is 32. The molecule has 32 heteroatoms. The highest BCUT2D eigenvalue weighted by molar-refractivity contribution is 7.78. The third kappa shape index (κ3) is 11.0. The summed E-state index contributed by atoms with van der Waals surface area (Å²) in [5, 5.41) is 191. The van der Waals surface area contributed by atoms with Crippen molar-refractivity contribution in [3.8, 4) is 0 Å². The van der Waals surface area contributed by atoms with Crippen LogP contribution in [0.3, 0.4) is 0 Å². The lowest BCUT2D eigenvalue weighted by Gasteiger charge is -2.50. The quantitative estimate of drug-likeness (QED) is 0.0610. The van der Waals surface area contributed by atoms with E-state index in [1.165, 1.54) is 0 Å². The van der Waals surface area contributed by atoms with Crippen molar-refractivity contribution in [3.63, 3.8) is 0 Å². The van der Waals surface area contributed by atoms with Crippen LogP contribution in [-0.4, -0.2) is 316 Å². The van der Waals surface area contributed by atoms with Gasteiger partial charge in [0.2, 0.25) is 0 Å². The number of nitrogens with zero attached hydrogens (tertiary/aromatic N) is 1. The minimum atomic E-state index is -2.16. The van der Waals surface area contributed by atoms with Gasteiger partial charge in [-0.05, 0) is 17.4 Å². The first-order valence-corrected chi connectivity index (χ1v) is 22.1. The largest absolute Gasteiger partial charge is 0.394 e. The van der Waals surface area contributed by atoms with Gasteiger partial charge in [0, 0.05) is 0 Å². The summed E-state index contributed by atoms with van der Waals surface area (Å²) in [6.07, 6.45) is -58.3. The summed E-state index contributed by atoms with van der Waals surface area (Å²) in [6, 6.07) is 0. The molecular weight excluding hydrogens is 970 g/mol. The first kappa shape index (κ1) is 55.2. The van der Waals surface area contributed by atoms with Crippen molar-refractivity contribution in [2.75, 3.05) is 39.6 Å². The van der Waals surface area contributed by atoms with E-state index in [0.29, 0.717) is 0 Å². The third-order valence-electron chi connectivity index (χ3n) is 12.9. The van der Waals surface area contributed by atoms with Crippen LogP contribution in [0.1, 0.15) is 0 Å². The summed E-state index contributed by atoms with van der Waals surface area (Å²) in [5.74, 6) is 0. The zero-order valence-corrected chi connectivity index (χ0v) is 36.6. The zero-order chi connectivity index (χ0) is 50.2. The SMILES string of the molecule is OC[C@H]1O[C@@H]2O[C@H]3[C@H](O)[C@@H](O)[C@@H](O[C@H]4[C@H](O)[C@@H](O)[C@@H](O[C@H]5[C@H](O)[C@@H](O)[C@@H](O[C@H]6[C@H](O)[C@@H](O)[C@@H](O[C@H]7[C@H](O)[C@@H](O)[C@@H](O[C@@H]1[C@H](ON=C=S)[C@H]2O)O[C@@H]7CO)O[C@@H]6CO)O[C@@H]5CO)O[C@@H]4CO)O[C@@H]3CO. The van der Waals surface area contributed by atoms with Gasteiger partial charge < -0.3 is 148 Å². The van der Waals surface area contributed by atoms with E-state index in [0.717, 1.165) is 0 Å². The Morgan fingerprint density at radius 2 is 0.507 bits per heavy atom. The van der Waals surface area contributed by atoms with Gasteiger partial charge in [0.1, 0.15) is 146 Å². The summed E-state index contributed by atoms with van der Waals surface area (Å²) in [5.41, 5.74) is 0. The molecule has 0 radical (unpaired) electrons. The normalized spacial score (nSPS) is 53.2. The summed E-state index contributed by atoms with van der Waals surface area (Å²) in [6.45, 7) is -6.02. The van der Waals surface area contributed by atoms with Crippen molar-refractivity contribution in [1.29, 1.82) is 0 Å². The lowest BCUT2D eigenvalue weighted by atomic mass is 9.94. The van der Waals surface area contributed by atoms with E-state index in [-0.39, 0.29) is 0 Å². The van der Waals surface area contributed by atoms with Crippen molar-refractivity contribution < 1.29 is 148 Å². The molecule has 398 valence electrons. The van der Waals surface area contributed by atoms with Gasteiger partial charge in [0.15, 0.2) is 43.8 Å². The van der Waals surface area contributed by atoms with Crippen LogP contribution >= 0.6 is 12.2 Å². The second-order valence-electron chi connectivity index (χ2n) is 17.1. The predicted molar refractivity (Wildman–Crippen MR) is 210 cm³/mol. The van der Waals surface area contributed by atoms with Crippen LogP contribution < -0.4 is 0 Å². The molecule has 30 atom stereocenters. The highest BCUT2D eigenvalue weighted by Gasteiger charge is 2.59. The average Bonchev–Trinajstić information content (AvgIpc) is 3.34. The lowest BCUT2D eigenvalue weighted by Crippen LogP contribution is -2.69. The smallest absolute Gasteiger partial charge is 0.188 e. The van der Waals surface area contributed by atoms with Crippen LogP contribution in [0.2, 0.25) is 0 Å². The van der Waals surface area contributed by atoms with E-state index in [1.807, 2.05) is 5.16 Å². The van der Waals surface area contributed by atoms with Crippen molar-refractivity contribution in [2.24, 2.45) is 5.16 Å². The number of rotatable bonds is 8. The highest BCUT2D eigenvalue weighted by Crippen LogP contribution is 2.38. The maximum atomic E-state index is 11.6. The lowest BCUT2D eigenvalue weighted by molar-refractivity contribution is -0.405. The fraction of sp³-hybridized carbons (Fsp3) is 0.973. The summed E-state index contributed by atoms with van der Waals surface area (Å²) in [4.78, 5) is 5.31.